The van der Waals surface area contributed by atoms with Crippen molar-refractivity contribution in [3.8, 4) is 5.75 Å². The number of aryl methyl sites for hydroxylation is 1. The molecule has 3 heterocycles. The summed E-state index contributed by atoms with van der Waals surface area (Å²) in [6.07, 6.45) is 11.0. The summed E-state index contributed by atoms with van der Waals surface area (Å²) in [6.45, 7) is 7.36. The first-order valence-corrected chi connectivity index (χ1v) is 20.0. The molecular formula is C38H49ClN4O5S. The van der Waals surface area contributed by atoms with Crippen LogP contribution in [0.15, 0.2) is 52.9 Å². The van der Waals surface area contributed by atoms with Crippen LogP contribution in [0.1, 0.15) is 73.9 Å². The number of benzene rings is 2. The number of urea groups is 1. The Balaban J connectivity index is 1.28. The second-order valence-corrected chi connectivity index (χ2v) is 17.5. The van der Waals surface area contributed by atoms with Gasteiger partial charge in [0.1, 0.15) is 15.7 Å². The number of rotatable bonds is 3. The van der Waals surface area contributed by atoms with Gasteiger partial charge >= 0.3 is 6.03 Å². The molecule has 3 aliphatic heterocycles. The molecule has 2 fully saturated rings. The highest BCUT2D eigenvalue weighted by Gasteiger charge is 2.44. The van der Waals surface area contributed by atoms with Crippen LogP contribution in [-0.4, -0.2) is 72.8 Å². The summed E-state index contributed by atoms with van der Waals surface area (Å²) in [5.41, 5.74) is 3.49. The van der Waals surface area contributed by atoms with Crippen molar-refractivity contribution in [2.45, 2.75) is 70.3 Å². The number of carbonyl (C=O) groups excluding carboxylic acids is 2. The minimum Gasteiger partial charge on any atom is -0.490 e. The molecule has 1 spiro atoms. The van der Waals surface area contributed by atoms with Gasteiger partial charge in [-0.1, -0.05) is 43.7 Å². The van der Waals surface area contributed by atoms with Crippen LogP contribution in [0.2, 0.25) is 5.02 Å². The van der Waals surface area contributed by atoms with Crippen LogP contribution in [-0.2, 0) is 26.5 Å². The van der Waals surface area contributed by atoms with E-state index in [-0.39, 0.29) is 23.2 Å². The fourth-order valence-corrected chi connectivity index (χ4v) is 10.6. The monoisotopic (exact) mass is 708 g/mol. The van der Waals surface area contributed by atoms with Gasteiger partial charge in [-0.25, -0.2) is 9.00 Å². The zero-order valence-electron chi connectivity index (χ0n) is 28.9. The van der Waals surface area contributed by atoms with E-state index in [0.717, 1.165) is 68.1 Å². The molecule has 0 unspecified atom stereocenters. The van der Waals surface area contributed by atoms with Crippen molar-refractivity contribution in [1.29, 1.82) is 0 Å². The predicted octanol–water partition coefficient (Wildman–Crippen LogP) is 7.02. The number of likely N-dealkylation sites (tertiary alicyclic amines) is 1. The first-order chi connectivity index (χ1) is 23.6. The van der Waals surface area contributed by atoms with E-state index in [0.29, 0.717) is 49.4 Å². The largest absolute Gasteiger partial charge is 0.490 e. The summed E-state index contributed by atoms with van der Waals surface area (Å²) < 4.78 is 34.1. The van der Waals surface area contributed by atoms with E-state index < -0.39 is 21.9 Å². The number of methoxy groups -OCH3 is 1. The molecule has 7 rings (SSSR count). The lowest BCUT2D eigenvalue weighted by atomic mass is 9.68. The van der Waals surface area contributed by atoms with Crippen LogP contribution in [0.25, 0.3) is 0 Å². The zero-order valence-corrected chi connectivity index (χ0v) is 30.4. The SMILES string of the molecule is CCC1CN(C(=O)N[S@@]2(=O)=NC(=O)c3ccc4c(c3)N(C[C@@H]3CC[C@H]3[C@@H](OC)/C=C/C[C@H](C)C2)C[C@@]2(CCCc3cc(Cl)ccc32)CO4)C1. The van der Waals surface area contributed by atoms with Crippen molar-refractivity contribution in [3.05, 3.63) is 70.3 Å². The number of ether oxygens (including phenoxy) is 2. The Morgan fingerprint density at radius 1 is 1.18 bits per heavy atom. The highest BCUT2D eigenvalue weighted by atomic mass is 35.5. The standard InChI is InChI=1S/C38H49ClN4O5S/c1-4-26-19-42(20-26)37(45)41-49(46)22-25(2)7-5-9-34(47-3)31-13-10-29(31)21-43-23-38(16-6-8-27-17-30(39)12-14-32(27)38)24-48-35-15-11-28(18-33(35)43)36(44)40-49/h5,9,11-12,14-15,17-18,25-26,29,31,34H,4,6-8,10,13,16,19-24H2,1-3H3,(H,40,41,44,45,46)/b9-5+/t25-,29-,31+,34-,38-,49-/m0/s1. The van der Waals surface area contributed by atoms with Crippen molar-refractivity contribution < 1.29 is 23.3 Å². The number of allylic oxidation sites excluding steroid dienone is 1. The fraction of sp³-hybridized carbons (Fsp3) is 0.579. The third kappa shape index (κ3) is 6.97. The van der Waals surface area contributed by atoms with Gasteiger partial charge < -0.3 is 19.3 Å². The van der Waals surface area contributed by atoms with E-state index in [1.54, 1.807) is 18.1 Å². The summed E-state index contributed by atoms with van der Waals surface area (Å²) in [5, 5.41) is 0.749. The van der Waals surface area contributed by atoms with Gasteiger partial charge in [-0.2, -0.15) is 0 Å². The number of anilines is 1. The van der Waals surface area contributed by atoms with E-state index in [2.05, 4.69) is 45.2 Å². The average Bonchev–Trinajstić information content (AvgIpc) is 3.18. The quantitative estimate of drug-likeness (QED) is 0.344. The third-order valence-corrected chi connectivity index (χ3v) is 13.8. The predicted molar refractivity (Wildman–Crippen MR) is 194 cm³/mol. The van der Waals surface area contributed by atoms with Crippen LogP contribution >= 0.6 is 11.6 Å². The molecular weight excluding hydrogens is 660 g/mol. The first-order valence-electron chi connectivity index (χ1n) is 17.9. The van der Waals surface area contributed by atoms with Gasteiger partial charge in [-0.3, -0.25) is 9.52 Å². The maximum Gasteiger partial charge on any atom is 0.329 e. The lowest BCUT2D eigenvalue weighted by Crippen LogP contribution is -2.55. The lowest BCUT2D eigenvalue weighted by molar-refractivity contribution is 0.0131. The number of hydrogen-bond acceptors (Lipinski definition) is 6. The van der Waals surface area contributed by atoms with Crippen LogP contribution < -0.4 is 14.4 Å². The van der Waals surface area contributed by atoms with E-state index in [9.17, 15) is 13.8 Å². The van der Waals surface area contributed by atoms with Crippen LogP contribution in [0.5, 0.6) is 5.75 Å². The van der Waals surface area contributed by atoms with Crippen LogP contribution in [0.4, 0.5) is 10.5 Å². The molecule has 264 valence electrons. The zero-order chi connectivity index (χ0) is 34.3. The Hall–Kier alpha value is -3.08. The Labute approximate surface area is 296 Å². The second-order valence-electron chi connectivity index (χ2n) is 15.0. The first kappa shape index (κ1) is 34.4. The summed E-state index contributed by atoms with van der Waals surface area (Å²) in [6, 6.07) is 11.2. The van der Waals surface area contributed by atoms with Crippen LogP contribution in [0.3, 0.4) is 0 Å². The highest BCUT2D eigenvalue weighted by Crippen LogP contribution is 2.47. The van der Waals surface area contributed by atoms with Crippen molar-refractivity contribution in [2.75, 3.05) is 50.5 Å². The molecule has 49 heavy (non-hydrogen) atoms. The molecule has 2 aliphatic carbocycles. The van der Waals surface area contributed by atoms with Gasteiger partial charge in [0.15, 0.2) is 0 Å². The minimum absolute atomic E-state index is 0.0346. The highest BCUT2D eigenvalue weighted by molar-refractivity contribution is 7.92. The summed E-state index contributed by atoms with van der Waals surface area (Å²) in [5.74, 6) is 1.30. The van der Waals surface area contributed by atoms with E-state index in [1.165, 1.54) is 11.1 Å². The molecule has 11 heteroatoms. The Kier molecular flexibility index (Phi) is 9.76. The molecule has 1 N–H and O–H groups in total. The summed E-state index contributed by atoms with van der Waals surface area (Å²) in [4.78, 5) is 31.2. The molecule has 9 nitrogen and oxygen atoms in total. The van der Waals surface area contributed by atoms with Crippen molar-refractivity contribution in [1.82, 2.24) is 9.62 Å². The molecule has 2 bridgehead atoms. The molecule has 1 saturated heterocycles. The number of nitrogens with one attached hydrogen (secondary N) is 1. The number of fused-ring (bicyclic) bond motifs is 4. The Morgan fingerprint density at radius 3 is 2.78 bits per heavy atom. The second kappa shape index (κ2) is 13.9. The molecule has 0 aromatic heterocycles. The van der Waals surface area contributed by atoms with Crippen LogP contribution in [0, 0.1) is 23.7 Å². The molecule has 2 aromatic carbocycles. The third-order valence-electron chi connectivity index (χ3n) is 11.6. The van der Waals surface area contributed by atoms with E-state index in [4.69, 9.17) is 21.1 Å². The smallest absolute Gasteiger partial charge is 0.329 e. The van der Waals surface area contributed by atoms with Gasteiger partial charge in [-0.05, 0) is 110 Å². The van der Waals surface area contributed by atoms with Crippen molar-refractivity contribution in [2.24, 2.45) is 28.0 Å². The normalized spacial score (nSPS) is 32.4. The Bertz CT molecular complexity index is 1750. The van der Waals surface area contributed by atoms with Gasteiger partial charge in [0, 0.05) is 49.3 Å². The number of carbonyl (C=O) groups is 2. The maximum absolute atomic E-state index is 14.4. The van der Waals surface area contributed by atoms with Crippen molar-refractivity contribution in [3.63, 3.8) is 0 Å². The number of halogens is 1. The van der Waals surface area contributed by atoms with Crippen molar-refractivity contribution >= 4 is 39.1 Å². The van der Waals surface area contributed by atoms with E-state index in [1.807, 2.05) is 25.1 Å². The molecule has 6 atom stereocenters. The Morgan fingerprint density at radius 2 is 2.02 bits per heavy atom. The average molecular weight is 709 g/mol. The number of amides is 3. The molecule has 0 radical (unpaired) electrons. The van der Waals surface area contributed by atoms with Gasteiger partial charge in [0.25, 0.3) is 5.91 Å². The number of nitrogens with zero attached hydrogens (tertiary/aromatic N) is 3. The maximum atomic E-state index is 14.4. The molecule has 2 aromatic rings. The van der Waals surface area contributed by atoms with E-state index >= 15 is 0 Å². The minimum atomic E-state index is -3.42. The summed E-state index contributed by atoms with van der Waals surface area (Å²) >= 11 is 6.45. The lowest BCUT2D eigenvalue weighted by Gasteiger charge is -2.46. The van der Waals surface area contributed by atoms with Gasteiger partial charge in [0.05, 0.1) is 24.2 Å². The number of hydrogen-bond donors (Lipinski definition) is 1. The molecule has 3 amide bonds. The summed E-state index contributed by atoms with van der Waals surface area (Å²) in [7, 11) is -1.65. The fourth-order valence-electron chi connectivity index (χ4n) is 8.56. The topological polar surface area (TPSA) is 101 Å². The van der Waals surface area contributed by atoms with Gasteiger partial charge in [-0.15, -0.1) is 4.36 Å². The molecule has 5 aliphatic rings. The molecule has 1 saturated carbocycles. The van der Waals surface area contributed by atoms with Gasteiger partial charge in [0.2, 0.25) is 0 Å².